The first-order chi connectivity index (χ1) is 10.6. The number of rotatable bonds is 5. The second-order valence-electron chi connectivity index (χ2n) is 5.10. The lowest BCUT2D eigenvalue weighted by molar-refractivity contribution is 0.251. The van der Waals surface area contributed by atoms with E-state index in [9.17, 15) is 4.79 Å². The van der Waals surface area contributed by atoms with Crippen molar-refractivity contribution in [1.82, 2.24) is 15.3 Å². The maximum atomic E-state index is 11.9. The summed E-state index contributed by atoms with van der Waals surface area (Å²) in [7, 11) is 3.75. The molecule has 6 heteroatoms. The minimum atomic E-state index is -0.252. The molecule has 22 heavy (non-hydrogen) atoms. The first kappa shape index (κ1) is 15.8. The number of hydrogen-bond donors (Lipinski definition) is 2. The predicted octanol–water partition coefficient (Wildman–Crippen LogP) is 2.43. The molecule has 2 rings (SSSR count). The highest BCUT2D eigenvalue weighted by Crippen LogP contribution is 2.11. The van der Waals surface area contributed by atoms with Gasteiger partial charge in [0.15, 0.2) is 0 Å². The third-order valence-electron chi connectivity index (χ3n) is 3.12. The van der Waals surface area contributed by atoms with Crippen LogP contribution in [0.4, 0.5) is 16.4 Å². The summed E-state index contributed by atoms with van der Waals surface area (Å²) < 4.78 is 0. The number of nitrogens with one attached hydrogen (secondary N) is 2. The molecule has 0 fully saturated rings. The van der Waals surface area contributed by atoms with Gasteiger partial charge in [0, 0.05) is 26.0 Å². The van der Waals surface area contributed by atoms with Gasteiger partial charge >= 0.3 is 6.03 Å². The number of carbonyl (C=O) groups excluding carboxylic acids is 1. The van der Waals surface area contributed by atoms with E-state index in [0.29, 0.717) is 12.5 Å². The number of benzene rings is 1. The van der Waals surface area contributed by atoms with Crippen molar-refractivity contribution in [3.8, 4) is 0 Å². The number of anilines is 2. The van der Waals surface area contributed by atoms with Gasteiger partial charge in [-0.2, -0.15) is 0 Å². The molecule has 0 aliphatic heterocycles. The van der Waals surface area contributed by atoms with Crippen molar-refractivity contribution in [2.45, 2.75) is 19.9 Å². The van der Waals surface area contributed by atoms with Crippen LogP contribution in [0.3, 0.4) is 0 Å². The van der Waals surface area contributed by atoms with Crippen molar-refractivity contribution in [2.24, 2.45) is 0 Å². The average molecular weight is 299 g/mol. The van der Waals surface area contributed by atoms with Crippen molar-refractivity contribution < 1.29 is 4.79 Å². The SMILES string of the molecule is CCc1cccc(NC(=O)NCc2ccnc(N(C)C)n2)c1. The number of hydrogen-bond acceptors (Lipinski definition) is 4. The minimum Gasteiger partial charge on any atom is -0.347 e. The Morgan fingerprint density at radius 1 is 1.27 bits per heavy atom. The molecule has 0 aliphatic rings. The first-order valence-corrected chi connectivity index (χ1v) is 7.21. The molecule has 2 aromatic rings. The molecule has 1 heterocycles. The summed E-state index contributed by atoms with van der Waals surface area (Å²) in [6, 6.07) is 9.33. The summed E-state index contributed by atoms with van der Waals surface area (Å²) in [4.78, 5) is 22.2. The summed E-state index contributed by atoms with van der Waals surface area (Å²) in [5, 5.41) is 5.61. The molecule has 116 valence electrons. The highest BCUT2D eigenvalue weighted by molar-refractivity contribution is 5.89. The molecular weight excluding hydrogens is 278 g/mol. The highest BCUT2D eigenvalue weighted by Gasteiger charge is 2.05. The Morgan fingerprint density at radius 2 is 2.09 bits per heavy atom. The molecule has 0 radical (unpaired) electrons. The van der Waals surface area contributed by atoms with Crippen LogP contribution in [0.25, 0.3) is 0 Å². The fourth-order valence-electron chi connectivity index (χ4n) is 1.91. The zero-order chi connectivity index (χ0) is 15.9. The van der Waals surface area contributed by atoms with Crippen LogP contribution in [0.5, 0.6) is 0 Å². The fourth-order valence-corrected chi connectivity index (χ4v) is 1.91. The van der Waals surface area contributed by atoms with Gasteiger partial charge in [0.2, 0.25) is 5.95 Å². The monoisotopic (exact) mass is 299 g/mol. The summed E-state index contributed by atoms with van der Waals surface area (Å²) in [5.41, 5.74) is 2.73. The van der Waals surface area contributed by atoms with Crippen LogP contribution in [0.1, 0.15) is 18.2 Å². The predicted molar refractivity (Wildman–Crippen MR) is 88.0 cm³/mol. The Labute approximate surface area is 130 Å². The average Bonchev–Trinajstić information content (AvgIpc) is 2.53. The molecule has 2 N–H and O–H groups in total. The summed E-state index contributed by atoms with van der Waals surface area (Å²) >= 11 is 0. The quantitative estimate of drug-likeness (QED) is 0.889. The summed E-state index contributed by atoms with van der Waals surface area (Å²) in [6.45, 7) is 2.43. The Balaban J connectivity index is 1.91. The van der Waals surface area contributed by atoms with E-state index in [4.69, 9.17) is 0 Å². The lowest BCUT2D eigenvalue weighted by Gasteiger charge is -2.11. The molecule has 0 bridgehead atoms. The molecule has 0 saturated heterocycles. The summed E-state index contributed by atoms with van der Waals surface area (Å²) in [5.74, 6) is 0.621. The fraction of sp³-hybridized carbons (Fsp3) is 0.312. The van der Waals surface area contributed by atoms with Crippen molar-refractivity contribution in [3.05, 3.63) is 47.8 Å². The van der Waals surface area contributed by atoms with Crippen LogP contribution in [0.2, 0.25) is 0 Å². The van der Waals surface area contributed by atoms with E-state index < -0.39 is 0 Å². The van der Waals surface area contributed by atoms with Gasteiger partial charge in [0.25, 0.3) is 0 Å². The van der Waals surface area contributed by atoms with Gasteiger partial charge in [-0.05, 0) is 30.2 Å². The van der Waals surface area contributed by atoms with E-state index in [0.717, 1.165) is 17.8 Å². The normalized spacial score (nSPS) is 10.1. The third-order valence-corrected chi connectivity index (χ3v) is 3.12. The number of nitrogens with zero attached hydrogens (tertiary/aromatic N) is 3. The van der Waals surface area contributed by atoms with Gasteiger partial charge in [0.05, 0.1) is 12.2 Å². The van der Waals surface area contributed by atoms with Gasteiger partial charge in [0.1, 0.15) is 0 Å². The van der Waals surface area contributed by atoms with Crippen molar-refractivity contribution in [3.63, 3.8) is 0 Å². The van der Waals surface area contributed by atoms with Gasteiger partial charge in [-0.15, -0.1) is 0 Å². The zero-order valence-corrected chi connectivity index (χ0v) is 13.1. The Kier molecular flexibility index (Phi) is 5.30. The van der Waals surface area contributed by atoms with E-state index >= 15 is 0 Å². The molecule has 0 atom stereocenters. The lowest BCUT2D eigenvalue weighted by atomic mass is 10.1. The standard InChI is InChI=1S/C16H21N5O/c1-4-12-6-5-7-13(10-12)20-16(22)18-11-14-8-9-17-15(19-14)21(2)3/h5-10H,4,11H2,1-3H3,(H2,18,20,22). The largest absolute Gasteiger partial charge is 0.347 e. The van der Waals surface area contributed by atoms with E-state index in [1.165, 1.54) is 5.56 Å². The molecule has 6 nitrogen and oxygen atoms in total. The van der Waals surface area contributed by atoms with Gasteiger partial charge in [-0.3, -0.25) is 0 Å². The highest BCUT2D eigenvalue weighted by atomic mass is 16.2. The number of urea groups is 1. The second kappa shape index (κ2) is 7.40. The topological polar surface area (TPSA) is 70.2 Å². The molecule has 0 saturated carbocycles. The Hall–Kier alpha value is -2.63. The molecule has 1 aromatic carbocycles. The molecule has 0 aliphatic carbocycles. The number of aromatic nitrogens is 2. The lowest BCUT2D eigenvalue weighted by Crippen LogP contribution is -2.28. The first-order valence-electron chi connectivity index (χ1n) is 7.21. The molecule has 2 amide bonds. The van der Waals surface area contributed by atoms with E-state index in [2.05, 4.69) is 27.5 Å². The van der Waals surface area contributed by atoms with Gasteiger partial charge < -0.3 is 15.5 Å². The van der Waals surface area contributed by atoms with Gasteiger partial charge in [-0.25, -0.2) is 14.8 Å². The molecule has 0 spiro atoms. The molecule has 0 unspecified atom stereocenters. The van der Waals surface area contributed by atoms with Crippen molar-refractivity contribution >= 4 is 17.7 Å². The van der Waals surface area contributed by atoms with Crippen molar-refractivity contribution in [2.75, 3.05) is 24.3 Å². The summed E-state index contributed by atoms with van der Waals surface area (Å²) in [6.07, 6.45) is 2.62. The number of aryl methyl sites for hydroxylation is 1. The van der Waals surface area contributed by atoms with Crippen LogP contribution in [-0.2, 0) is 13.0 Å². The van der Waals surface area contributed by atoms with Crippen molar-refractivity contribution in [1.29, 1.82) is 0 Å². The van der Waals surface area contributed by atoms with Gasteiger partial charge in [-0.1, -0.05) is 19.1 Å². The second-order valence-corrected chi connectivity index (χ2v) is 5.10. The van der Waals surface area contributed by atoms with Crippen LogP contribution in [0.15, 0.2) is 36.5 Å². The minimum absolute atomic E-state index is 0.252. The van der Waals surface area contributed by atoms with E-state index in [1.807, 2.05) is 43.3 Å². The molecule has 1 aromatic heterocycles. The zero-order valence-electron chi connectivity index (χ0n) is 13.1. The smallest absolute Gasteiger partial charge is 0.319 e. The maximum absolute atomic E-state index is 11.9. The van der Waals surface area contributed by atoms with E-state index in [1.54, 1.807) is 12.3 Å². The molecular formula is C16H21N5O. The maximum Gasteiger partial charge on any atom is 0.319 e. The van der Waals surface area contributed by atoms with Crippen LogP contribution < -0.4 is 15.5 Å². The number of carbonyl (C=O) groups is 1. The van der Waals surface area contributed by atoms with Crippen LogP contribution in [-0.4, -0.2) is 30.1 Å². The Morgan fingerprint density at radius 3 is 2.82 bits per heavy atom. The van der Waals surface area contributed by atoms with Crippen LogP contribution in [0, 0.1) is 0 Å². The number of amides is 2. The van der Waals surface area contributed by atoms with E-state index in [-0.39, 0.29) is 6.03 Å². The third kappa shape index (κ3) is 4.44. The Bertz CT molecular complexity index is 642. The van der Waals surface area contributed by atoms with Crippen LogP contribution >= 0.6 is 0 Å².